The molecule has 0 saturated heterocycles. The zero-order chi connectivity index (χ0) is 13.0. The molecule has 0 aromatic heterocycles. The van der Waals surface area contributed by atoms with Gasteiger partial charge in [-0.05, 0) is 37.3 Å². The van der Waals surface area contributed by atoms with E-state index in [1.165, 1.54) is 0 Å². The molecule has 0 heterocycles. The van der Waals surface area contributed by atoms with Gasteiger partial charge in [0, 0.05) is 11.6 Å². The third kappa shape index (κ3) is 3.31. The molecule has 1 aliphatic carbocycles. The molecule has 1 amide bonds. The highest BCUT2D eigenvalue weighted by Crippen LogP contribution is 2.21. The second-order valence-corrected chi connectivity index (χ2v) is 4.88. The van der Waals surface area contributed by atoms with Gasteiger partial charge in [0.15, 0.2) is 0 Å². The van der Waals surface area contributed by atoms with Gasteiger partial charge in [-0.1, -0.05) is 18.2 Å². The Hall–Kier alpha value is -1.39. The Labute approximate surface area is 107 Å². The third-order valence-corrected chi connectivity index (χ3v) is 3.42. The van der Waals surface area contributed by atoms with Gasteiger partial charge < -0.3 is 16.2 Å². The van der Waals surface area contributed by atoms with Crippen LogP contribution in [-0.2, 0) is 11.3 Å². The monoisotopic (exact) mass is 248 g/mol. The lowest BCUT2D eigenvalue weighted by atomic mass is 9.93. The number of primary amides is 1. The van der Waals surface area contributed by atoms with Gasteiger partial charge >= 0.3 is 0 Å². The van der Waals surface area contributed by atoms with Gasteiger partial charge in [0.1, 0.15) is 0 Å². The van der Waals surface area contributed by atoms with Crippen LogP contribution in [0.4, 0.5) is 0 Å². The second-order valence-electron chi connectivity index (χ2n) is 4.88. The first-order valence-corrected chi connectivity index (χ1v) is 6.41. The number of nitrogens with two attached hydrogens (primary N) is 2. The van der Waals surface area contributed by atoms with Crippen molar-refractivity contribution in [3.05, 3.63) is 35.4 Å². The van der Waals surface area contributed by atoms with Crippen molar-refractivity contribution < 1.29 is 9.53 Å². The molecule has 1 aliphatic rings. The molecule has 18 heavy (non-hydrogen) atoms. The fraction of sp³-hybridized carbons (Fsp3) is 0.500. The normalized spacial score (nSPS) is 23.8. The van der Waals surface area contributed by atoms with Crippen molar-refractivity contribution in [2.45, 2.75) is 44.4 Å². The maximum absolute atomic E-state index is 11.3. The highest BCUT2D eigenvalue weighted by atomic mass is 16.5. The van der Waals surface area contributed by atoms with Crippen LogP contribution in [0.25, 0.3) is 0 Å². The number of amides is 1. The van der Waals surface area contributed by atoms with Gasteiger partial charge in [-0.15, -0.1) is 0 Å². The fourth-order valence-corrected chi connectivity index (χ4v) is 2.43. The summed E-state index contributed by atoms with van der Waals surface area (Å²) in [4.78, 5) is 11.3. The van der Waals surface area contributed by atoms with Crippen LogP contribution < -0.4 is 11.5 Å². The van der Waals surface area contributed by atoms with Gasteiger partial charge in [0.05, 0.1) is 12.7 Å². The van der Waals surface area contributed by atoms with Crippen LogP contribution in [0.15, 0.2) is 24.3 Å². The van der Waals surface area contributed by atoms with Gasteiger partial charge in [-0.2, -0.15) is 0 Å². The van der Waals surface area contributed by atoms with E-state index in [9.17, 15) is 4.79 Å². The van der Waals surface area contributed by atoms with E-state index in [1.54, 1.807) is 12.1 Å². The van der Waals surface area contributed by atoms with E-state index < -0.39 is 5.91 Å². The van der Waals surface area contributed by atoms with Gasteiger partial charge in [0.25, 0.3) is 0 Å². The minimum Gasteiger partial charge on any atom is -0.373 e. The highest BCUT2D eigenvalue weighted by Gasteiger charge is 2.20. The van der Waals surface area contributed by atoms with E-state index in [0.717, 1.165) is 31.2 Å². The Kier molecular flexibility index (Phi) is 4.33. The summed E-state index contributed by atoms with van der Waals surface area (Å²) in [6.45, 7) is 0.427. The number of rotatable bonds is 4. The Balaban J connectivity index is 1.95. The number of hydrogen-bond donors (Lipinski definition) is 2. The van der Waals surface area contributed by atoms with E-state index in [4.69, 9.17) is 16.2 Å². The predicted octanol–water partition coefficient (Wildman–Crippen LogP) is 1.57. The van der Waals surface area contributed by atoms with Crippen molar-refractivity contribution in [2.24, 2.45) is 11.5 Å². The van der Waals surface area contributed by atoms with Gasteiger partial charge in [0.2, 0.25) is 5.91 Å². The van der Waals surface area contributed by atoms with E-state index in [0.29, 0.717) is 12.2 Å². The average Bonchev–Trinajstić information content (AvgIpc) is 2.37. The molecule has 4 N–H and O–H groups in total. The summed E-state index contributed by atoms with van der Waals surface area (Å²) in [5, 5.41) is 0. The number of carbonyl (C=O) groups is 1. The lowest BCUT2D eigenvalue weighted by Crippen LogP contribution is -2.32. The second kappa shape index (κ2) is 5.98. The van der Waals surface area contributed by atoms with Crippen LogP contribution in [0.2, 0.25) is 0 Å². The summed E-state index contributed by atoms with van der Waals surface area (Å²) >= 11 is 0. The van der Waals surface area contributed by atoms with Crippen molar-refractivity contribution in [3.8, 4) is 0 Å². The molecule has 1 aromatic carbocycles. The van der Waals surface area contributed by atoms with Gasteiger partial charge in [-0.25, -0.2) is 0 Å². The summed E-state index contributed by atoms with van der Waals surface area (Å²) in [7, 11) is 0. The molecular formula is C14H20N2O2. The van der Waals surface area contributed by atoms with E-state index in [2.05, 4.69) is 0 Å². The molecule has 0 spiro atoms. The van der Waals surface area contributed by atoms with Crippen molar-refractivity contribution in [1.82, 2.24) is 0 Å². The molecule has 0 aliphatic heterocycles. The first-order valence-electron chi connectivity index (χ1n) is 6.41. The Morgan fingerprint density at radius 2 is 2.11 bits per heavy atom. The van der Waals surface area contributed by atoms with Crippen molar-refractivity contribution in [3.63, 3.8) is 0 Å². The first-order chi connectivity index (χ1) is 8.66. The SMILES string of the molecule is NC(=O)c1ccccc1COC1CCCC(N)C1. The standard InChI is InChI=1S/C14H20N2O2/c15-11-5-3-6-12(8-11)18-9-10-4-1-2-7-13(10)14(16)17/h1-2,4,7,11-12H,3,5-6,8-9,15H2,(H2,16,17). The van der Waals surface area contributed by atoms with Crippen LogP contribution in [0.3, 0.4) is 0 Å². The van der Waals surface area contributed by atoms with Crippen LogP contribution in [0.1, 0.15) is 41.6 Å². The summed E-state index contributed by atoms with van der Waals surface area (Å²) < 4.78 is 5.84. The summed E-state index contributed by atoms with van der Waals surface area (Å²) in [5.41, 5.74) is 12.6. The van der Waals surface area contributed by atoms with Crippen LogP contribution >= 0.6 is 0 Å². The predicted molar refractivity (Wildman–Crippen MR) is 70.0 cm³/mol. The van der Waals surface area contributed by atoms with E-state index >= 15 is 0 Å². The van der Waals surface area contributed by atoms with Crippen molar-refractivity contribution in [1.29, 1.82) is 0 Å². The maximum atomic E-state index is 11.3. The lowest BCUT2D eigenvalue weighted by molar-refractivity contribution is 0.0119. The minimum atomic E-state index is -0.408. The van der Waals surface area contributed by atoms with Gasteiger partial charge in [-0.3, -0.25) is 4.79 Å². The molecule has 4 nitrogen and oxygen atoms in total. The molecule has 1 fully saturated rings. The smallest absolute Gasteiger partial charge is 0.249 e. The van der Waals surface area contributed by atoms with E-state index in [1.807, 2.05) is 12.1 Å². The molecule has 0 bridgehead atoms. The quantitative estimate of drug-likeness (QED) is 0.849. The largest absolute Gasteiger partial charge is 0.373 e. The molecule has 1 saturated carbocycles. The number of benzene rings is 1. The van der Waals surface area contributed by atoms with Crippen molar-refractivity contribution >= 4 is 5.91 Å². The molecule has 2 rings (SSSR count). The molecule has 2 atom stereocenters. The summed E-state index contributed by atoms with van der Waals surface area (Å²) in [5.74, 6) is -0.408. The number of hydrogen-bond acceptors (Lipinski definition) is 3. The third-order valence-electron chi connectivity index (χ3n) is 3.42. The number of carbonyl (C=O) groups excluding carboxylic acids is 1. The maximum Gasteiger partial charge on any atom is 0.249 e. The Morgan fingerprint density at radius 1 is 1.33 bits per heavy atom. The fourth-order valence-electron chi connectivity index (χ4n) is 2.43. The molecule has 1 aromatic rings. The zero-order valence-corrected chi connectivity index (χ0v) is 10.5. The summed E-state index contributed by atoms with van der Waals surface area (Å²) in [6, 6.07) is 7.55. The van der Waals surface area contributed by atoms with Crippen LogP contribution in [0.5, 0.6) is 0 Å². The highest BCUT2D eigenvalue weighted by molar-refractivity contribution is 5.94. The van der Waals surface area contributed by atoms with E-state index in [-0.39, 0.29) is 12.1 Å². The first kappa shape index (κ1) is 13.1. The topological polar surface area (TPSA) is 78.3 Å². The molecule has 4 heteroatoms. The number of ether oxygens (including phenoxy) is 1. The Bertz CT molecular complexity index is 420. The average molecular weight is 248 g/mol. The molecular weight excluding hydrogens is 228 g/mol. The van der Waals surface area contributed by atoms with Crippen LogP contribution in [-0.4, -0.2) is 18.1 Å². The molecule has 2 unspecified atom stereocenters. The zero-order valence-electron chi connectivity index (χ0n) is 10.5. The molecule has 0 radical (unpaired) electrons. The lowest BCUT2D eigenvalue weighted by Gasteiger charge is -2.26. The summed E-state index contributed by atoms with van der Waals surface area (Å²) in [6.07, 6.45) is 4.35. The minimum absolute atomic E-state index is 0.203. The molecule has 98 valence electrons. The van der Waals surface area contributed by atoms with Crippen molar-refractivity contribution in [2.75, 3.05) is 0 Å². The Morgan fingerprint density at radius 3 is 2.83 bits per heavy atom. The van der Waals surface area contributed by atoms with Crippen LogP contribution in [0, 0.1) is 0 Å².